The molecule has 0 aliphatic rings. The summed E-state index contributed by atoms with van der Waals surface area (Å²) in [6, 6.07) is 6.03. The van der Waals surface area contributed by atoms with Crippen molar-refractivity contribution in [3.63, 3.8) is 0 Å². The van der Waals surface area contributed by atoms with Crippen LogP contribution in [0.25, 0.3) is 0 Å². The third-order valence-electron chi connectivity index (χ3n) is 4.33. The molecule has 1 aromatic rings. The number of rotatable bonds is 12. The second-order valence-corrected chi connectivity index (χ2v) is 6.24. The molecule has 0 heterocycles. The van der Waals surface area contributed by atoms with Crippen LogP contribution in [0, 0.1) is 0 Å². The fourth-order valence-corrected chi connectivity index (χ4v) is 2.95. The van der Waals surface area contributed by atoms with Gasteiger partial charge in [-0.1, -0.05) is 77.3 Å². The van der Waals surface area contributed by atoms with E-state index in [-0.39, 0.29) is 0 Å². The first kappa shape index (κ1) is 18.1. The van der Waals surface area contributed by atoms with E-state index in [0.29, 0.717) is 5.75 Å². The Morgan fingerprint density at radius 2 is 1.33 bits per heavy atom. The Kier molecular flexibility index (Phi) is 10.0. The van der Waals surface area contributed by atoms with Crippen LogP contribution in [-0.4, -0.2) is 5.11 Å². The number of phenolic OH excluding ortho intramolecular Hbond substituents is 1. The summed E-state index contributed by atoms with van der Waals surface area (Å²) < 4.78 is 0. The van der Waals surface area contributed by atoms with Gasteiger partial charge < -0.3 is 5.11 Å². The second-order valence-electron chi connectivity index (χ2n) is 6.24. The van der Waals surface area contributed by atoms with E-state index in [4.69, 9.17) is 0 Å². The molecular formula is C20H34O. The van der Waals surface area contributed by atoms with E-state index in [1.165, 1.54) is 75.3 Å². The van der Waals surface area contributed by atoms with E-state index in [2.05, 4.69) is 19.9 Å². The van der Waals surface area contributed by atoms with E-state index in [1.54, 1.807) is 0 Å². The molecule has 1 aromatic carbocycles. The summed E-state index contributed by atoms with van der Waals surface area (Å²) in [5, 5.41) is 10.0. The number of aryl methyl sites for hydroxylation is 1. The fraction of sp³-hybridized carbons (Fsp3) is 0.700. The molecule has 0 saturated heterocycles. The van der Waals surface area contributed by atoms with Gasteiger partial charge in [0, 0.05) is 0 Å². The number of unbranched alkanes of at least 4 members (excludes halogenated alkanes) is 8. The van der Waals surface area contributed by atoms with Crippen LogP contribution < -0.4 is 0 Å². The van der Waals surface area contributed by atoms with E-state index in [0.717, 1.165) is 12.8 Å². The summed E-state index contributed by atoms with van der Waals surface area (Å²) in [5.74, 6) is 0.500. The Morgan fingerprint density at radius 1 is 0.714 bits per heavy atom. The molecule has 0 radical (unpaired) electrons. The van der Waals surface area contributed by atoms with Gasteiger partial charge in [0.1, 0.15) is 5.75 Å². The topological polar surface area (TPSA) is 20.2 Å². The van der Waals surface area contributed by atoms with E-state index in [1.807, 2.05) is 12.1 Å². The van der Waals surface area contributed by atoms with Crippen molar-refractivity contribution in [2.45, 2.75) is 90.9 Å². The van der Waals surface area contributed by atoms with Crippen molar-refractivity contribution in [1.82, 2.24) is 0 Å². The lowest BCUT2D eigenvalue weighted by molar-refractivity contribution is 0.465. The van der Waals surface area contributed by atoms with Crippen molar-refractivity contribution in [2.75, 3.05) is 0 Å². The normalized spacial score (nSPS) is 11.0. The number of hydrogen-bond donors (Lipinski definition) is 1. The van der Waals surface area contributed by atoms with Gasteiger partial charge in [0.05, 0.1) is 0 Å². The minimum absolute atomic E-state index is 0.500. The van der Waals surface area contributed by atoms with Crippen molar-refractivity contribution in [1.29, 1.82) is 0 Å². The van der Waals surface area contributed by atoms with Gasteiger partial charge >= 0.3 is 0 Å². The lowest BCUT2D eigenvalue weighted by atomic mass is 9.96. The predicted octanol–water partition coefficient (Wildman–Crippen LogP) is 6.42. The van der Waals surface area contributed by atoms with Crippen molar-refractivity contribution in [3.8, 4) is 5.75 Å². The van der Waals surface area contributed by atoms with Gasteiger partial charge in [0.25, 0.3) is 0 Å². The molecule has 1 heteroatoms. The van der Waals surface area contributed by atoms with Crippen LogP contribution in [0.5, 0.6) is 5.75 Å². The van der Waals surface area contributed by atoms with Gasteiger partial charge in [-0.15, -0.1) is 0 Å². The van der Waals surface area contributed by atoms with Crippen molar-refractivity contribution >= 4 is 0 Å². The zero-order valence-corrected chi connectivity index (χ0v) is 14.2. The Bertz CT molecular complexity index is 370. The highest BCUT2D eigenvalue weighted by Gasteiger charge is 2.06. The highest BCUT2D eigenvalue weighted by molar-refractivity contribution is 5.39. The molecule has 21 heavy (non-hydrogen) atoms. The van der Waals surface area contributed by atoms with Gasteiger partial charge in [-0.3, -0.25) is 0 Å². The van der Waals surface area contributed by atoms with Crippen LogP contribution in [0.4, 0.5) is 0 Å². The molecule has 0 bridgehead atoms. The molecule has 1 N–H and O–H groups in total. The SMILES string of the molecule is CCCCCCCCCCc1cccc(O)c1CCCC. The first-order valence-corrected chi connectivity index (χ1v) is 9.09. The first-order valence-electron chi connectivity index (χ1n) is 9.09. The van der Waals surface area contributed by atoms with Gasteiger partial charge in [0.2, 0.25) is 0 Å². The first-order chi connectivity index (χ1) is 10.3. The van der Waals surface area contributed by atoms with Gasteiger partial charge in [0.15, 0.2) is 0 Å². The summed E-state index contributed by atoms with van der Waals surface area (Å²) in [6.07, 6.45) is 15.4. The summed E-state index contributed by atoms with van der Waals surface area (Å²) in [5.41, 5.74) is 2.57. The molecule has 0 aromatic heterocycles. The van der Waals surface area contributed by atoms with Crippen LogP contribution >= 0.6 is 0 Å². The average molecular weight is 290 g/mol. The zero-order valence-electron chi connectivity index (χ0n) is 14.2. The van der Waals surface area contributed by atoms with E-state index in [9.17, 15) is 5.11 Å². The summed E-state index contributed by atoms with van der Waals surface area (Å²) in [4.78, 5) is 0. The molecular weight excluding hydrogens is 256 g/mol. The summed E-state index contributed by atoms with van der Waals surface area (Å²) >= 11 is 0. The van der Waals surface area contributed by atoms with Crippen LogP contribution in [0.3, 0.4) is 0 Å². The largest absolute Gasteiger partial charge is 0.508 e. The molecule has 0 aliphatic carbocycles. The average Bonchev–Trinajstić information content (AvgIpc) is 2.49. The van der Waals surface area contributed by atoms with E-state index < -0.39 is 0 Å². The number of phenols is 1. The number of benzene rings is 1. The van der Waals surface area contributed by atoms with Crippen LogP contribution in [0.1, 0.15) is 89.2 Å². The highest BCUT2D eigenvalue weighted by Crippen LogP contribution is 2.25. The Hall–Kier alpha value is -0.980. The van der Waals surface area contributed by atoms with Crippen molar-refractivity contribution in [2.24, 2.45) is 0 Å². The molecule has 0 atom stereocenters. The van der Waals surface area contributed by atoms with Crippen LogP contribution in [0.2, 0.25) is 0 Å². The van der Waals surface area contributed by atoms with Gasteiger partial charge in [-0.05, 0) is 42.9 Å². The molecule has 0 aliphatic heterocycles. The maximum Gasteiger partial charge on any atom is 0.119 e. The lowest BCUT2D eigenvalue weighted by Crippen LogP contribution is -1.96. The fourth-order valence-electron chi connectivity index (χ4n) is 2.95. The maximum absolute atomic E-state index is 10.0. The maximum atomic E-state index is 10.0. The molecule has 0 unspecified atom stereocenters. The van der Waals surface area contributed by atoms with Crippen molar-refractivity contribution < 1.29 is 5.11 Å². The Morgan fingerprint density at radius 3 is 2.00 bits per heavy atom. The molecule has 1 rings (SSSR count). The third kappa shape index (κ3) is 7.55. The minimum Gasteiger partial charge on any atom is -0.508 e. The lowest BCUT2D eigenvalue weighted by Gasteiger charge is -2.11. The standard InChI is InChI=1S/C20H34O/c1-3-5-7-8-9-10-11-12-14-18-15-13-17-20(21)19(18)16-6-4-2/h13,15,17,21H,3-12,14,16H2,1-2H3. The molecule has 0 amide bonds. The van der Waals surface area contributed by atoms with Crippen LogP contribution in [0.15, 0.2) is 18.2 Å². The predicted molar refractivity (Wildman–Crippen MR) is 93.0 cm³/mol. The van der Waals surface area contributed by atoms with Gasteiger partial charge in [-0.25, -0.2) is 0 Å². The molecule has 0 saturated carbocycles. The van der Waals surface area contributed by atoms with E-state index >= 15 is 0 Å². The molecule has 0 fully saturated rings. The summed E-state index contributed by atoms with van der Waals surface area (Å²) in [7, 11) is 0. The zero-order chi connectivity index (χ0) is 15.3. The van der Waals surface area contributed by atoms with Crippen LogP contribution in [-0.2, 0) is 12.8 Å². The third-order valence-corrected chi connectivity index (χ3v) is 4.33. The Balaban J connectivity index is 2.26. The minimum atomic E-state index is 0.500. The molecule has 0 spiro atoms. The second kappa shape index (κ2) is 11.7. The quantitative estimate of drug-likeness (QED) is 0.440. The smallest absolute Gasteiger partial charge is 0.119 e. The Labute approximate surface area is 131 Å². The number of hydrogen-bond acceptors (Lipinski definition) is 1. The monoisotopic (exact) mass is 290 g/mol. The van der Waals surface area contributed by atoms with Crippen molar-refractivity contribution in [3.05, 3.63) is 29.3 Å². The number of aromatic hydroxyl groups is 1. The molecule has 120 valence electrons. The highest BCUT2D eigenvalue weighted by atomic mass is 16.3. The summed E-state index contributed by atoms with van der Waals surface area (Å²) in [6.45, 7) is 4.48. The molecule has 1 nitrogen and oxygen atoms in total. The van der Waals surface area contributed by atoms with Gasteiger partial charge in [-0.2, -0.15) is 0 Å².